The van der Waals surface area contributed by atoms with Crippen LogP contribution in [0.25, 0.3) is 0 Å². The Morgan fingerprint density at radius 3 is 2.50 bits per heavy atom. The summed E-state index contributed by atoms with van der Waals surface area (Å²) in [6, 6.07) is 0. The zero-order valence-electron chi connectivity index (χ0n) is 10.8. The monoisotopic (exact) mass is 266 g/mol. The van der Waals surface area contributed by atoms with Crippen molar-refractivity contribution in [2.24, 2.45) is 0 Å². The van der Waals surface area contributed by atoms with Crippen molar-refractivity contribution in [2.45, 2.75) is 57.5 Å². The van der Waals surface area contributed by atoms with Gasteiger partial charge in [0.15, 0.2) is 18.1 Å². The first kappa shape index (κ1) is 15.1. The van der Waals surface area contributed by atoms with Crippen LogP contribution in [0.5, 0.6) is 0 Å². The highest BCUT2D eigenvalue weighted by Gasteiger charge is 2.56. The Balaban J connectivity index is 2.72. The van der Waals surface area contributed by atoms with Crippen molar-refractivity contribution in [2.75, 3.05) is 6.61 Å². The van der Waals surface area contributed by atoms with Gasteiger partial charge in [0.25, 0.3) is 0 Å². The Morgan fingerprint density at radius 2 is 2.06 bits per heavy atom. The predicted molar refractivity (Wildman–Crippen MR) is 58.6 cm³/mol. The Labute approximate surface area is 105 Å². The van der Waals surface area contributed by atoms with Crippen LogP contribution in [-0.4, -0.2) is 52.7 Å². The first-order valence-corrected chi connectivity index (χ1v) is 5.61. The average Bonchev–Trinajstić information content (AvgIpc) is 2.38. The minimum absolute atomic E-state index is 0.579. The highest BCUT2D eigenvalue weighted by atomic mass is 19.1. The lowest BCUT2D eigenvalue weighted by molar-refractivity contribution is -0.143. The molecule has 0 aromatic carbocycles. The fourth-order valence-electron chi connectivity index (χ4n) is 1.58. The van der Waals surface area contributed by atoms with Gasteiger partial charge < -0.3 is 24.4 Å². The summed E-state index contributed by atoms with van der Waals surface area (Å²) in [5.74, 6) is 0. The Bertz CT molecular complexity index is 311. The number of alkyl halides is 1. The lowest BCUT2D eigenvalue weighted by Crippen LogP contribution is -2.45. The van der Waals surface area contributed by atoms with Crippen LogP contribution in [0, 0.1) is 0 Å². The molecule has 0 aliphatic carbocycles. The Kier molecular flexibility index (Phi) is 4.19. The summed E-state index contributed by atoms with van der Waals surface area (Å²) < 4.78 is 28.5. The van der Waals surface area contributed by atoms with Crippen LogP contribution in [0.3, 0.4) is 0 Å². The lowest BCUT2D eigenvalue weighted by Gasteiger charge is -2.26. The van der Waals surface area contributed by atoms with Crippen LogP contribution in [0.1, 0.15) is 27.7 Å². The summed E-state index contributed by atoms with van der Waals surface area (Å²) in [7, 11) is 0. The maximum absolute atomic E-state index is 14.1. The molecule has 0 saturated carbocycles. The molecule has 1 unspecified atom stereocenters. The first-order chi connectivity index (χ1) is 8.08. The number of aliphatic hydroxyl groups excluding tert-OH is 2. The van der Waals surface area contributed by atoms with Crippen molar-refractivity contribution in [1.29, 1.82) is 0 Å². The molecule has 106 valence electrons. The molecule has 0 aromatic rings. The Morgan fingerprint density at radius 1 is 1.50 bits per heavy atom. The minimum Gasteiger partial charge on any atom is -0.429 e. The predicted octanol–water partition coefficient (Wildman–Crippen LogP) is 0.744. The summed E-state index contributed by atoms with van der Waals surface area (Å²) >= 11 is 0. The summed E-state index contributed by atoms with van der Waals surface area (Å²) in [5.41, 5.74) is -3.08. The van der Waals surface area contributed by atoms with E-state index in [1.807, 2.05) is 0 Å². The van der Waals surface area contributed by atoms with Gasteiger partial charge in [-0.3, -0.25) is 0 Å². The zero-order chi connectivity index (χ0) is 14.1. The summed E-state index contributed by atoms with van der Waals surface area (Å²) in [6.07, 6.45) is -5.38. The molecular formula is C11H19FO6. The molecule has 1 aliphatic heterocycles. The van der Waals surface area contributed by atoms with Gasteiger partial charge in [-0.15, -0.1) is 0 Å². The van der Waals surface area contributed by atoms with Gasteiger partial charge in [-0.25, -0.2) is 9.18 Å². The van der Waals surface area contributed by atoms with Crippen LogP contribution in [0.15, 0.2) is 0 Å². The van der Waals surface area contributed by atoms with Gasteiger partial charge in [0.2, 0.25) is 0 Å². The summed E-state index contributed by atoms with van der Waals surface area (Å²) in [6.45, 7) is 5.34. The summed E-state index contributed by atoms with van der Waals surface area (Å²) in [5, 5.41) is 18.3. The number of hydrogen-bond acceptors (Lipinski definition) is 6. The molecule has 1 heterocycles. The third-order valence-electron chi connectivity index (χ3n) is 2.47. The van der Waals surface area contributed by atoms with Crippen molar-refractivity contribution in [3.05, 3.63) is 0 Å². The molecule has 1 aliphatic rings. The molecule has 1 fully saturated rings. The van der Waals surface area contributed by atoms with Gasteiger partial charge in [-0.1, -0.05) is 0 Å². The quantitative estimate of drug-likeness (QED) is 0.717. The van der Waals surface area contributed by atoms with E-state index < -0.39 is 42.5 Å². The molecule has 1 rings (SSSR count). The van der Waals surface area contributed by atoms with Crippen molar-refractivity contribution in [3.63, 3.8) is 0 Å². The van der Waals surface area contributed by atoms with E-state index in [0.717, 1.165) is 6.92 Å². The SMILES string of the molecule is CC(C)(C)OC(=O)O[C@@H]1[C@@H](CO)OC(O)[C@]1(C)F. The van der Waals surface area contributed by atoms with E-state index in [-0.39, 0.29) is 0 Å². The highest BCUT2D eigenvalue weighted by molar-refractivity contribution is 5.61. The van der Waals surface area contributed by atoms with Gasteiger partial charge in [0.1, 0.15) is 11.7 Å². The number of carbonyl (C=O) groups is 1. The molecule has 1 saturated heterocycles. The second kappa shape index (κ2) is 4.99. The topological polar surface area (TPSA) is 85.2 Å². The van der Waals surface area contributed by atoms with Gasteiger partial charge in [0.05, 0.1) is 6.61 Å². The van der Waals surface area contributed by atoms with Crippen LogP contribution in [-0.2, 0) is 14.2 Å². The van der Waals surface area contributed by atoms with Gasteiger partial charge >= 0.3 is 6.16 Å². The molecule has 0 radical (unpaired) electrons. The van der Waals surface area contributed by atoms with Crippen molar-refractivity contribution in [3.8, 4) is 0 Å². The van der Waals surface area contributed by atoms with Crippen molar-refractivity contribution < 1.29 is 33.6 Å². The van der Waals surface area contributed by atoms with E-state index in [1.54, 1.807) is 20.8 Å². The number of halogens is 1. The normalized spacial score (nSPS) is 36.5. The molecule has 0 amide bonds. The molecular weight excluding hydrogens is 247 g/mol. The largest absolute Gasteiger partial charge is 0.509 e. The number of rotatable bonds is 2. The molecule has 0 spiro atoms. The van der Waals surface area contributed by atoms with Crippen LogP contribution in [0.2, 0.25) is 0 Å². The molecule has 0 aromatic heterocycles. The van der Waals surface area contributed by atoms with Crippen molar-refractivity contribution >= 4 is 6.16 Å². The highest BCUT2D eigenvalue weighted by Crippen LogP contribution is 2.35. The second-order valence-corrected chi connectivity index (χ2v) is 5.36. The van der Waals surface area contributed by atoms with E-state index in [4.69, 9.17) is 19.3 Å². The fourth-order valence-corrected chi connectivity index (χ4v) is 1.58. The van der Waals surface area contributed by atoms with Gasteiger partial charge in [0, 0.05) is 0 Å². The summed E-state index contributed by atoms with van der Waals surface area (Å²) in [4.78, 5) is 11.4. The van der Waals surface area contributed by atoms with Crippen LogP contribution >= 0.6 is 0 Å². The van der Waals surface area contributed by atoms with Crippen molar-refractivity contribution in [1.82, 2.24) is 0 Å². The molecule has 0 bridgehead atoms. The smallest absolute Gasteiger partial charge is 0.429 e. The standard InChI is InChI=1S/C11H19FO6/c1-10(2,3)18-9(15)17-7-6(5-13)16-8(14)11(7,4)12/h6-8,13-14H,5H2,1-4H3/t6-,7-,8?,11-/m1/s1. The van der Waals surface area contributed by atoms with Gasteiger partial charge in [-0.2, -0.15) is 0 Å². The average molecular weight is 266 g/mol. The third-order valence-corrected chi connectivity index (χ3v) is 2.47. The van der Waals surface area contributed by atoms with E-state index in [0.29, 0.717) is 0 Å². The molecule has 4 atom stereocenters. The van der Waals surface area contributed by atoms with Crippen LogP contribution in [0.4, 0.5) is 9.18 Å². The maximum Gasteiger partial charge on any atom is 0.509 e. The molecule has 2 N–H and O–H groups in total. The lowest BCUT2D eigenvalue weighted by atomic mass is 10.00. The van der Waals surface area contributed by atoms with Crippen LogP contribution < -0.4 is 0 Å². The number of carbonyl (C=O) groups excluding carboxylic acids is 1. The molecule has 7 heteroatoms. The number of hydrogen-bond donors (Lipinski definition) is 2. The molecule has 18 heavy (non-hydrogen) atoms. The van der Waals surface area contributed by atoms with E-state index in [2.05, 4.69) is 0 Å². The van der Waals surface area contributed by atoms with E-state index >= 15 is 0 Å². The second-order valence-electron chi connectivity index (χ2n) is 5.36. The minimum atomic E-state index is -2.30. The van der Waals surface area contributed by atoms with Gasteiger partial charge in [-0.05, 0) is 27.7 Å². The number of aliphatic hydroxyl groups is 2. The molecule has 6 nitrogen and oxygen atoms in total. The third kappa shape index (κ3) is 3.30. The zero-order valence-corrected chi connectivity index (χ0v) is 10.8. The van der Waals surface area contributed by atoms with E-state index in [9.17, 15) is 14.3 Å². The van der Waals surface area contributed by atoms with E-state index in [1.165, 1.54) is 0 Å². The first-order valence-electron chi connectivity index (χ1n) is 5.61. The fraction of sp³-hybridized carbons (Fsp3) is 0.909. The maximum atomic E-state index is 14.1. The Hall–Kier alpha value is -0.920. The number of ether oxygens (including phenoxy) is 3.